The maximum Gasteiger partial charge on any atom is 0.354 e. The van der Waals surface area contributed by atoms with Crippen molar-refractivity contribution in [1.29, 1.82) is 0 Å². The van der Waals surface area contributed by atoms with E-state index in [9.17, 15) is 14.4 Å². The lowest BCUT2D eigenvalue weighted by atomic mass is 10.0. The SMILES string of the molecule is C=CCN(CC(=O)c1c(C)c(C(=O)OC)n(C)c1C)C(=O)C1CC1. The van der Waals surface area contributed by atoms with Crippen LogP contribution in [-0.2, 0) is 16.6 Å². The van der Waals surface area contributed by atoms with Crippen LogP contribution in [0.3, 0.4) is 0 Å². The molecular weight excluding hydrogens is 308 g/mol. The van der Waals surface area contributed by atoms with Gasteiger partial charge in [-0.05, 0) is 32.3 Å². The third-order valence-electron chi connectivity index (χ3n) is 4.51. The van der Waals surface area contributed by atoms with Crippen LogP contribution in [0.15, 0.2) is 12.7 Å². The Hall–Kier alpha value is -2.37. The van der Waals surface area contributed by atoms with Crippen molar-refractivity contribution < 1.29 is 19.1 Å². The van der Waals surface area contributed by atoms with Crippen LogP contribution in [0.1, 0.15) is 44.9 Å². The van der Waals surface area contributed by atoms with Crippen LogP contribution < -0.4 is 0 Å². The highest BCUT2D eigenvalue weighted by atomic mass is 16.5. The molecule has 24 heavy (non-hydrogen) atoms. The van der Waals surface area contributed by atoms with Gasteiger partial charge in [-0.15, -0.1) is 6.58 Å². The van der Waals surface area contributed by atoms with Crippen LogP contribution in [0, 0.1) is 19.8 Å². The number of Topliss-reactive ketones (excluding diaryl/α,β-unsaturated/α-hetero) is 1. The summed E-state index contributed by atoms with van der Waals surface area (Å²) in [6, 6.07) is 0. The zero-order valence-corrected chi connectivity index (χ0v) is 14.7. The van der Waals surface area contributed by atoms with Crippen molar-refractivity contribution in [2.75, 3.05) is 20.2 Å². The van der Waals surface area contributed by atoms with Gasteiger partial charge < -0.3 is 14.2 Å². The summed E-state index contributed by atoms with van der Waals surface area (Å²) in [6.07, 6.45) is 3.39. The minimum absolute atomic E-state index is 0.00248. The van der Waals surface area contributed by atoms with Gasteiger partial charge in [0.1, 0.15) is 5.69 Å². The molecular formula is C18H24N2O4. The first-order valence-corrected chi connectivity index (χ1v) is 8.00. The molecule has 1 fully saturated rings. The number of nitrogens with zero attached hydrogens (tertiary/aromatic N) is 2. The van der Waals surface area contributed by atoms with Gasteiger partial charge in [0.2, 0.25) is 5.91 Å². The lowest BCUT2D eigenvalue weighted by molar-refractivity contribution is -0.131. The lowest BCUT2D eigenvalue weighted by Crippen LogP contribution is -2.37. The van der Waals surface area contributed by atoms with Crippen molar-refractivity contribution in [2.24, 2.45) is 13.0 Å². The summed E-state index contributed by atoms with van der Waals surface area (Å²) in [5, 5.41) is 0. The van der Waals surface area contributed by atoms with Gasteiger partial charge in [0.25, 0.3) is 0 Å². The molecule has 130 valence electrons. The lowest BCUT2D eigenvalue weighted by Gasteiger charge is -2.20. The van der Waals surface area contributed by atoms with E-state index in [1.54, 1.807) is 31.5 Å². The number of ether oxygens (including phenoxy) is 1. The first-order valence-electron chi connectivity index (χ1n) is 8.00. The number of rotatable bonds is 7. The van der Waals surface area contributed by atoms with Gasteiger partial charge in [0, 0.05) is 30.8 Å². The molecule has 0 aliphatic heterocycles. The molecule has 0 bridgehead atoms. The van der Waals surface area contributed by atoms with E-state index < -0.39 is 5.97 Å². The van der Waals surface area contributed by atoms with Gasteiger partial charge in [-0.1, -0.05) is 6.08 Å². The van der Waals surface area contributed by atoms with Crippen LogP contribution >= 0.6 is 0 Å². The number of hydrogen-bond acceptors (Lipinski definition) is 4. The molecule has 0 spiro atoms. The van der Waals surface area contributed by atoms with Crippen molar-refractivity contribution in [3.05, 3.63) is 35.2 Å². The van der Waals surface area contributed by atoms with Gasteiger partial charge in [0.15, 0.2) is 5.78 Å². The predicted molar refractivity (Wildman–Crippen MR) is 90.1 cm³/mol. The maximum atomic E-state index is 12.8. The molecule has 1 aromatic heterocycles. The molecule has 0 aromatic carbocycles. The standard InChI is InChI=1S/C18H24N2O4/c1-6-9-20(17(22)13-7-8-13)10-14(21)15-11(2)16(18(23)24-5)19(4)12(15)3/h6,13H,1,7-10H2,2-5H3. The smallest absolute Gasteiger partial charge is 0.354 e. The first kappa shape index (κ1) is 18.0. The Labute approximate surface area is 142 Å². The molecule has 0 atom stereocenters. The second-order valence-electron chi connectivity index (χ2n) is 6.19. The van der Waals surface area contributed by atoms with Gasteiger partial charge in [-0.2, -0.15) is 0 Å². The molecule has 1 aromatic rings. The minimum Gasteiger partial charge on any atom is -0.464 e. The zero-order chi connectivity index (χ0) is 18.0. The van der Waals surface area contributed by atoms with E-state index in [4.69, 9.17) is 4.74 Å². The van der Waals surface area contributed by atoms with E-state index in [1.165, 1.54) is 12.0 Å². The van der Waals surface area contributed by atoms with E-state index in [0.717, 1.165) is 12.8 Å². The molecule has 0 saturated heterocycles. The zero-order valence-electron chi connectivity index (χ0n) is 14.7. The molecule has 1 aliphatic rings. The number of aromatic nitrogens is 1. The Balaban J connectivity index is 2.30. The van der Waals surface area contributed by atoms with Crippen LogP contribution in [0.2, 0.25) is 0 Å². The van der Waals surface area contributed by atoms with Crippen LogP contribution in [0.5, 0.6) is 0 Å². The Bertz CT molecular complexity index is 698. The number of carbonyl (C=O) groups is 3. The third kappa shape index (κ3) is 3.27. The Morgan fingerprint density at radius 2 is 1.96 bits per heavy atom. The van der Waals surface area contributed by atoms with E-state index in [-0.39, 0.29) is 24.2 Å². The van der Waals surface area contributed by atoms with Gasteiger partial charge >= 0.3 is 5.97 Å². The molecule has 2 rings (SSSR count). The number of esters is 1. The van der Waals surface area contributed by atoms with Crippen LogP contribution in [0.25, 0.3) is 0 Å². The van der Waals surface area contributed by atoms with E-state index >= 15 is 0 Å². The van der Waals surface area contributed by atoms with Crippen LogP contribution in [0.4, 0.5) is 0 Å². The van der Waals surface area contributed by atoms with Crippen molar-refractivity contribution >= 4 is 17.7 Å². The Kier molecular flexibility index (Phi) is 5.26. The Morgan fingerprint density at radius 1 is 1.33 bits per heavy atom. The molecule has 0 N–H and O–H groups in total. The summed E-state index contributed by atoms with van der Waals surface area (Å²) >= 11 is 0. The molecule has 6 heteroatoms. The summed E-state index contributed by atoms with van der Waals surface area (Å²) in [7, 11) is 3.04. The number of hydrogen-bond donors (Lipinski definition) is 0. The van der Waals surface area contributed by atoms with Crippen LogP contribution in [-0.4, -0.2) is 47.3 Å². The fraction of sp³-hybridized carbons (Fsp3) is 0.500. The van der Waals surface area contributed by atoms with Crippen molar-refractivity contribution in [3.8, 4) is 0 Å². The summed E-state index contributed by atoms with van der Waals surface area (Å²) in [6.45, 7) is 7.51. The maximum absolute atomic E-state index is 12.8. The normalized spacial score (nSPS) is 13.5. The van der Waals surface area contributed by atoms with Crippen molar-refractivity contribution in [2.45, 2.75) is 26.7 Å². The third-order valence-corrected chi connectivity index (χ3v) is 4.51. The molecule has 1 heterocycles. The quantitative estimate of drug-likeness (QED) is 0.435. The summed E-state index contributed by atoms with van der Waals surface area (Å²) in [5.41, 5.74) is 2.12. The monoisotopic (exact) mass is 332 g/mol. The van der Waals surface area contributed by atoms with Gasteiger partial charge in [0.05, 0.1) is 13.7 Å². The van der Waals surface area contributed by atoms with Gasteiger partial charge in [-0.25, -0.2) is 4.79 Å². The second kappa shape index (κ2) is 7.03. The highest BCUT2D eigenvalue weighted by molar-refractivity contribution is 6.04. The highest BCUT2D eigenvalue weighted by Gasteiger charge is 2.34. The number of methoxy groups -OCH3 is 1. The molecule has 6 nitrogen and oxygen atoms in total. The Morgan fingerprint density at radius 3 is 2.46 bits per heavy atom. The van der Waals surface area contributed by atoms with E-state index in [2.05, 4.69) is 6.58 Å². The predicted octanol–water partition coefficient (Wildman–Crippen LogP) is 2.04. The fourth-order valence-electron chi connectivity index (χ4n) is 3.00. The topological polar surface area (TPSA) is 68.6 Å². The number of carbonyl (C=O) groups excluding carboxylic acids is 3. The summed E-state index contributed by atoms with van der Waals surface area (Å²) in [5.74, 6) is -0.607. The van der Waals surface area contributed by atoms with Gasteiger partial charge in [-0.3, -0.25) is 9.59 Å². The largest absolute Gasteiger partial charge is 0.464 e. The number of amides is 1. The fourth-order valence-corrected chi connectivity index (χ4v) is 3.00. The van der Waals surface area contributed by atoms with E-state index in [1.807, 2.05) is 0 Å². The summed E-state index contributed by atoms with van der Waals surface area (Å²) < 4.78 is 6.46. The molecule has 0 unspecified atom stereocenters. The average molecular weight is 332 g/mol. The highest BCUT2D eigenvalue weighted by Crippen LogP contribution is 2.31. The molecule has 1 aliphatic carbocycles. The van der Waals surface area contributed by atoms with Crippen molar-refractivity contribution in [3.63, 3.8) is 0 Å². The average Bonchev–Trinajstić information content (AvgIpc) is 3.35. The minimum atomic E-state index is -0.478. The first-order chi connectivity index (χ1) is 11.3. The second-order valence-corrected chi connectivity index (χ2v) is 6.19. The summed E-state index contributed by atoms with van der Waals surface area (Å²) in [4.78, 5) is 38.6. The number of ketones is 1. The van der Waals surface area contributed by atoms with E-state index in [0.29, 0.717) is 29.1 Å². The van der Waals surface area contributed by atoms with Crippen molar-refractivity contribution in [1.82, 2.24) is 9.47 Å². The molecule has 1 amide bonds. The molecule has 0 radical (unpaired) electrons. The molecule has 1 saturated carbocycles.